The summed E-state index contributed by atoms with van der Waals surface area (Å²) < 4.78 is 0. The molecule has 0 aromatic heterocycles. The van der Waals surface area contributed by atoms with Gasteiger partial charge in [-0.05, 0) is 21.0 Å². The summed E-state index contributed by atoms with van der Waals surface area (Å²) in [5, 5.41) is 0.408. The van der Waals surface area contributed by atoms with E-state index < -0.39 is 0 Å². The number of likely N-dealkylation sites (N-methyl/N-ethyl adjacent to an activating group) is 1. The summed E-state index contributed by atoms with van der Waals surface area (Å²) in [5.41, 5.74) is 0. The number of hydrogen-bond donors (Lipinski definition) is 1. The van der Waals surface area contributed by atoms with Gasteiger partial charge in [-0.1, -0.05) is 0 Å². The Kier molecular flexibility index (Phi) is 5.23. The molecule has 0 amide bonds. The molecule has 0 bridgehead atoms. The minimum atomic E-state index is 0.408. The van der Waals surface area contributed by atoms with Gasteiger partial charge in [0.1, 0.15) is 0 Å². The molecule has 0 N–H and O–H groups in total. The Bertz CT molecular complexity index is 153. The summed E-state index contributed by atoms with van der Waals surface area (Å²) in [6, 6.07) is 0. The maximum atomic E-state index is 4.45. The molecule has 1 aliphatic heterocycles. The number of rotatable bonds is 4. The van der Waals surface area contributed by atoms with E-state index >= 15 is 0 Å². The van der Waals surface area contributed by atoms with Gasteiger partial charge < -0.3 is 4.90 Å². The average Bonchev–Trinajstić information content (AvgIpc) is 2.15. The van der Waals surface area contributed by atoms with Crippen LogP contribution in [0.2, 0.25) is 0 Å². The highest BCUT2D eigenvalue weighted by molar-refractivity contribution is 7.80. The van der Waals surface area contributed by atoms with E-state index in [4.69, 9.17) is 0 Å². The fourth-order valence-electron chi connectivity index (χ4n) is 1.70. The summed E-state index contributed by atoms with van der Waals surface area (Å²) in [5.74, 6) is 0. The first-order valence-electron chi connectivity index (χ1n) is 5.39. The van der Waals surface area contributed by atoms with Crippen LogP contribution in [0.5, 0.6) is 0 Å². The maximum Gasteiger partial charge on any atom is 0.0500 e. The van der Waals surface area contributed by atoms with Gasteiger partial charge in [-0.25, -0.2) is 0 Å². The standard InChI is InChI=1S/C10H23N3S/c1-10(14)13-8-6-12(7-9-13)5-4-11(2)3/h10,14H,4-9H2,1-3H3. The van der Waals surface area contributed by atoms with Crippen molar-refractivity contribution in [2.24, 2.45) is 0 Å². The van der Waals surface area contributed by atoms with Crippen LogP contribution in [0.3, 0.4) is 0 Å². The molecule has 1 saturated heterocycles. The smallest absolute Gasteiger partial charge is 0.0500 e. The van der Waals surface area contributed by atoms with Crippen molar-refractivity contribution in [1.82, 2.24) is 14.7 Å². The lowest BCUT2D eigenvalue weighted by Crippen LogP contribution is -2.49. The molecule has 1 aliphatic rings. The monoisotopic (exact) mass is 217 g/mol. The van der Waals surface area contributed by atoms with Crippen molar-refractivity contribution in [3.05, 3.63) is 0 Å². The van der Waals surface area contributed by atoms with Gasteiger partial charge >= 0.3 is 0 Å². The van der Waals surface area contributed by atoms with Crippen molar-refractivity contribution in [1.29, 1.82) is 0 Å². The third kappa shape index (κ3) is 4.17. The molecule has 1 heterocycles. The van der Waals surface area contributed by atoms with Crippen molar-refractivity contribution >= 4 is 12.6 Å². The molecule has 4 heteroatoms. The van der Waals surface area contributed by atoms with Gasteiger partial charge in [0.15, 0.2) is 0 Å². The van der Waals surface area contributed by atoms with Gasteiger partial charge in [0.05, 0.1) is 0 Å². The molecular weight excluding hydrogens is 194 g/mol. The minimum absolute atomic E-state index is 0.408. The van der Waals surface area contributed by atoms with E-state index in [0.717, 1.165) is 19.6 Å². The number of nitrogens with zero attached hydrogens (tertiary/aromatic N) is 3. The third-order valence-corrected chi connectivity index (χ3v) is 3.13. The minimum Gasteiger partial charge on any atom is -0.308 e. The van der Waals surface area contributed by atoms with E-state index in [9.17, 15) is 0 Å². The fraction of sp³-hybridized carbons (Fsp3) is 1.00. The van der Waals surface area contributed by atoms with Gasteiger partial charge in [-0.3, -0.25) is 9.80 Å². The summed E-state index contributed by atoms with van der Waals surface area (Å²) in [4.78, 5) is 7.20. The molecule has 0 aliphatic carbocycles. The van der Waals surface area contributed by atoms with Crippen molar-refractivity contribution in [3.8, 4) is 0 Å². The quantitative estimate of drug-likeness (QED) is 0.685. The van der Waals surface area contributed by atoms with Crippen molar-refractivity contribution in [2.75, 3.05) is 53.4 Å². The first-order chi connectivity index (χ1) is 6.59. The predicted octanol–water partition coefficient (Wildman–Crippen LogP) is 0.441. The SMILES string of the molecule is CC(S)N1CCN(CCN(C)C)CC1. The molecular formula is C10H23N3S. The summed E-state index contributed by atoms with van der Waals surface area (Å²) >= 11 is 4.45. The average molecular weight is 217 g/mol. The zero-order valence-corrected chi connectivity index (χ0v) is 10.5. The largest absolute Gasteiger partial charge is 0.308 e. The molecule has 0 radical (unpaired) electrons. The molecule has 0 aromatic rings. The topological polar surface area (TPSA) is 9.72 Å². The van der Waals surface area contributed by atoms with Crippen molar-refractivity contribution < 1.29 is 0 Å². The van der Waals surface area contributed by atoms with Gasteiger partial charge in [-0.15, -0.1) is 0 Å². The summed E-state index contributed by atoms with van der Waals surface area (Å²) in [7, 11) is 4.26. The second-order valence-corrected chi connectivity index (χ2v) is 5.06. The fourth-order valence-corrected chi connectivity index (χ4v) is 1.93. The molecule has 3 nitrogen and oxygen atoms in total. The first kappa shape index (κ1) is 12.3. The molecule has 1 rings (SSSR count). The van der Waals surface area contributed by atoms with Crippen LogP contribution in [-0.4, -0.2) is 73.4 Å². The Balaban J connectivity index is 2.16. The summed E-state index contributed by atoms with van der Waals surface area (Å²) in [6.07, 6.45) is 0. The second-order valence-electron chi connectivity index (χ2n) is 4.31. The van der Waals surface area contributed by atoms with Crippen LogP contribution < -0.4 is 0 Å². The summed E-state index contributed by atoms with van der Waals surface area (Å²) in [6.45, 7) is 9.23. The van der Waals surface area contributed by atoms with Crippen LogP contribution in [0.15, 0.2) is 0 Å². The van der Waals surface area contributed by atoms with E-state index in [0.29, 0.717) is 5.37 Å². The zero-order chi connectivity index (χ0) is 10.6. The van der Waals surface area contributed by atoms with E-state index in [-0.39, 0.29) is 0 Å². The van der Waals surface area contributed by atoms with E-state index in [1.165, 1.54) is 19.6 Å². The van der Waals surface area contributed by atoms with Crippen LogP contribution in [-0.2, 0) is 0 Å². The first-order valence-corrected chi connectivity index (χ1v) is 5.90. The number of piperazine rings is 1. The third-order valence-electron chi connectivity index (χ3n) is 2.80. The number of hydrogen-bond acceptors (Lipinski definition) is 4. The van der Waals surface area contributed by atoms with Crippen molar-refractivity contribution in [2.45, 2.75) is 12.3 Å². The lowest BCUT2D eigenvalue weighted by atomic mass is 10.3. The molecule has 0 spiro atoms. The van der Waals surface area contributed by atoms with E-state index in [1.54, 1.807) is 0 Å². The molecule has 14 heavy (non-hydrogen) atoms. The van der Waals surface area contributed by atoms with Crippen LogP contribution in [0.1, 0.15) is 6.92 Å². The Morgan fingerprint density at radius 3 is 2.21 bits per heavy atom. The van der Waals surface area contributed by atoms with Gasteiger partial charge in [0.2, 0.25) is 0 Å². The lowest BCUT2D eigenvalue weighted by Gasteiger charge is -2.36. The van der Waals surface area contributed by atoms with Crippen LogP contribution in [0.25, 0.3) is 0 Å². The molecule has 84 valence electrons. The molecule has 0 aromatic carbocycles. The second kappa shape index (κ2) is 5.95. The highest BCUT2D eigenvalue weighted by atomic mass is 32.1. The Hall–Kier alpha value is 0.230. The van der Waals surface area contributed by atoms with Crippen LogP contribution in [0.4, 0.5) is 0 Å². The maximum absolute atomic E-state index is 4.45. The normalized spacial score (nSPS) is 22.9. The molecule has 1 atom stereocenters. The molecule has 1 unspecified atom stereocenters. The predicted molar refractivity (Wildman–Crippen MR) is 65.0 cm³/mol. The van der Waals surface area contributed by atoms with Crippen LogP contribution in [0, 0.1) is 0 Å². The number of thiol groups is 1. The Labute approximate surface area is 93.5 Å². The van der Waals surface area contributed by atoms with Gasteiger partial charge in [0.25, 0.3) is 0 Å². The highest BCUT2D eigenvalue weighted by Crippen LogP contribution is 2.07. The van der Waals surface area contributed by atoms with E-state index in [1.807, 2.05) is 0 Å². The van der Waals surface area contributed by atoms with Crippen molar-refractivity contribution in [3.63, 3.8) is 0 Å². The Morgan fingerprint density at radius 1 is 1.21 bits per heavy atom. The van der Waals surface area contributed by atoms with Gasteiger partial charge in [-0.2, -0.15) is 12.6 Å². The highest BCUT2D eigenvalue weighted by Gasteiger charge is 2.18. The zero-order valence-electron chi connectivity index (χ0n) is 9.61. The molecule has 1 fully saturated rings. The lowest BCUT2D eigenvalue weighted by molar-refractivity contribution is 0.122. The van der Waals surface area contributed by atoms with E-state index in [2.05, 4.69) is 48.3 Å². The van der Waals surface area contributed by atoms with Gasteiger partial charge in [0, 0.05) is 44.6 Å². The Morgan fingerprint density at radius 2 is 1.79 bits per heavy atom. The van der Waals surface area contributed by atoms with Crippen LogP contribution >= 0.6 is 12.6 Å². The molecule has 0 saturated carbocycles.